The highest BCUT2D eigenvalue weighted by atomic mass is 16.5. The second-order valence-electron chi connectivity index (χ2n) is 6.54. The van der Waals surface area contributed by atoms with Crippen LogP contribution in [0.15, 0.2) is 30.6 Å². The quantitative estimate of drug-likeness (QED) is 0.942. The molecule has 0 aliphatic carbocycles. The lowest BCUT2D eigenvalue weighted by Gasteiger charge is -2.38. The molecule has 4 rings (SSSR count). The average Bonchev–Trinajstić information content (AvgIpc) is 3.21. The highest BCUT2D eigenvalue weighted by molar-refractivity contribution is 5.79. The normalized spacial score (nSPS) is 23.1. The topological polar surface area (TPSA) is 59.4 Å². The van der Waals surface area contributed by atoms with E-state index in [-0.39, 0.29) is 18.0 Å². The summed E-state index contributed by atoms with van der Waals surface area (Å²) in [5, 5.41) is 7.89. The van der Waals surface area contributed by atoms with Crippen molar-refractivity contribution in [2.45, 2.75) is 31.3 Å². The molecule has 1 aromatic carbocycles. The van der Waals surface area contributed by atoms with E-state index in [0.717, 1.165) is 42.0 Å². The maximum absolute atomic E-state index is 12.3. The Kier molecular flexibility index (Phi) is 3.67. The number of benzene rings is 1. The second-order valence-corrected chi connectivity index (χ2v) is 6.54. The number of aromatic nitrogens is 2. The van der Waals surface area contributed by atoms with Gasteiger partial charge in [0.25, 0.3) is 0 Å². The van der Waals surface area contributed by atoms with E-state index in [1.165, 1.54) is 0 Å². The van der Waals surface area contributed by atoms with E-state index < -0.39 is 0 Å². The van der Waals surface area contributed by atoms with Gasteiger partial charge < -0.3 is 15.0 Å². The van der Waals surface area contributed by atoms with Gasteiger partial charge in [0.1, 0.15) is 5.75 Å². The first kappa shape index (κ1) is 15.1. The predicted octanol–water partition coefficient (Wildman–Crippen LogP) is 2.65. The van der Waals surface area contributed by atoms with Crippen molar-refractivity contribution in [1.82, 2.24) is 14.7 Å². The number of methoxy groups -OCH3 is 1. The number of carbonyl (C=O) groups is 1. The number of fused-ring (bicyclic) bond motifs is 1. The third kappa shape index (κ3) is 2.52. The van der Waals surface area contributed by atoms with Crippen molar-refractivity contribution in [3.05, 3.63) is 41.7 Å². The fraction of sp³-hybridized carbons (Fsp3) is 0.444. The molecule has 0 saturated carbocycles. The summed E-state index contributed by atoms with van der Waals surface area (Å²) in [6, 6.07) is 6.29. The Labute approximate surface area is 141 Å². The third-order valence-corrected chi connectivity index (χ3v) is 5.02. The first-order chi connectivity index (χ1) is 11.7. The summed E-state index contributed by atoms with van der Waals surface area (Å²) < 4.78 is 7.20. The van der Waals surface area contributed by atoms with Crippen LogP contribution in [-0.4, -0.2) is 34.2 Å². The van der Waals surface area contributed by atoms with Crippen LogP contribution in [0.5, 0.6) is 5.75 Å². The molecule has 6 heteroatoms. The third-order valence-electron chi connectivity index (χ3n) is 5.02. The zero-order valence-corrected chi connectivity index (χ0v) is 14.0. The Balaban J connectivity index is 1.74. The number of rotatable bonds is 3. The maximum atomic E-state index is 12.3. The molecule has 1 N–H and O–H groups in total. The summed E-state index contributed by atoms with van der Waals surface area (Å²) in [7, 11) is 3.60. The summed E-state index contributed by atoms with van der Waals surface area (Å²) in [5.41, 5.74) is 3.36. The minimum absolute atomic E-state index is 0.0801. The highest BCUT2D eigenvalue weighted by Gasteiger charge is 2.36. The lowest BCUT2D eigenvalue weighted by atomic mass is 9.89. The summed E-state index contributed by atoms with van der Waals surface area (Å²) in [4.78, 5) is 14.4. The van der Waals surface area contributed by atoms with E-state index in [2.05, 4.69) is 16.5 Å². The van der Waals surface area contributed by atoms with Gasteiger partial charge in [-0.05, 0) is 31.0 Å². The molecular formula is C18H22N4O2. The number of carbonyl (C=O) groups excluding carboxylic acids is 1. The molecule has 2 aliphatic heterocycles. The molecule has 126 valence electrons. The van der Waals surface area contributed by atoms with E-state index in [4.69, 9.17) is 4.74 Å². The van der Waals surface area contributed by atoms with Gasteiger partial charge in [-0.1, -0.05) is 0 Å². The van der Waals surface area contributed by atoms with Gasteiger partial charge in [0.15, 0.2) is 0 Å². The smallest absolute Gasteiger partial charge is 0.223 e. The molecule has 1 saturated heterocycles. The fourth-order valence-electron chi connectivity index (χ4n) is 3.80. The summed E-state index contributed by atoms with van der Waals surface area (Å²) >= 11 is 0. The molecule has 2 aromatic rings. The first-order valence-electron chi connectivity index (χ1n) is 8.38. The predicted molar refractivity (Wildman–Crippen MR) is 90.9 cm³/mol. The van der Waals surface area contributed by atoms with Crippen molar-refractivity contribution in [1.29, 1.82) is 0 Å². The molecule has 2 atom stereocenters. The minimum atomic E-state index is 0.0801. The number of likely N-dealkylation sites (tertiary alicyclic amines) is 1. The monoisotopic (exact) mass is 326 g/mol. The Morgan fingerprint density at radius 2 is 2.25 bits per heavy atom. The van der Waals surface area contributed by atoms with Crippen molar-refractivity contribution < 1.29 is 9.53 Å². The highest BCUT2D eigenvalue weighted by Crippen LogP contribution is 2.44. The van der Waals surface area contributed by atoms with Gasteiger partial charge in [-0.2, -0.15) is 5.10 Å². The van der Waals surface area contributed by atoms with Gasteiger partial charge in [-0.15, -0.1) is 0 Å². The van der Waals surface area contributed by atoms with E-state index in [0.29, 0.717) is 6.42 Å². The van der Waals surface area contributed by atoms with Crippen LogP contribution in [0.1, 0.15) is 42.5 Å². The first-order valence-corrected chi connectivity index (χ1v) is 8.38. The van der Waals surface area contributed by atoms with Crippen LogP contribution >= 0.6 is 0 Å². The minimum Gasteiger partial charge on any atom is -0.497 e. The zero-order chi connectivity index (χ0) is 16.7. The molecule has 2 aliphatic rings. The Bertz CT molecular complexity index is 770. The summed E-state index contributed by atoms with van der Waals surface area (Å²) in [6.07, 6.45) is 6.38. The van der Waals surface area contributed by atoms with E-state index in [9.17, 15) is 4.79 Å². The van der Waals surface area contributed by atoms with Gasteiger partial charge >= 0.3 is 0 Å². The maximum Gasteiger partial charge on any atom is 0.223 e. The number of hydrogen-bond acceptors (Lipinski definition) is 4. The standard InChI is InChI=1S/C18H22N4O2/c1-21-11-12(10-19-21)16-9-17(22-7-3-4-18(22)23)14-8-13(24-2)5-6-15(14)20-16/h5-6,8,10-11,16-17,20H,3-4,7,9H2,1-2H3/t16-,17+/m1/s1. The van der Waals surface area contributed by atoms with Crippen molar-refractivity contribution in [3.8, 4) is 5.75 Å². The van der Waals surface area contributed by atoms with Crippen molar-refractivity contribution in [2.24, 2.45) is 7.05 Å². The van der Waals surface area contributed by atoms with Gasteiger partial charge in [-0.3, -0.25) is 9.48 Å². The molecular weight excluding hydrogens is 304 g/mol. The van der Waals surface area contributed by atoms with Crippen molar-refractivity contribution in [2.75, 3.05) is 19.0 Å². The molecule has 0 unspecified atom stereocenters. The average molecular weight is 326 g/mol. The molecule has 0 bridgehead atoms. The van der Waals surface area contributed by atoms with Gasteiger partial charge in [0.2, 0.25) is 5.91 Å². The zero-order valence-electron chi connectivity index (χ0n) is 14.0. The van der Waals surface area contributed by atoms with Crippen LogP contribution in [0, 0.1) is 0 Å². The van der Waals surface area contributed by atoms with E-state index in [1.807, 2.05) is 41.2 Å². The van der Waals surface area contributed by atoms with Crippen LogP contribution in [-0.2, 0) is 11.8 Å². The number of ether oxygens (including phenoxy) is 1. The van der Waals surface area contributed by atoms with Gasteiger partial charge in [0.05, 0.1) is 25.4 Å². The van der Waals surface area contributed by atoms with Crippen LogP contribution < -0.4 is 10.1 Å². The Morgan fingerprint density at radius 1 is 1.38 bits per heavy atom. The lowest BCUT2D eigenvalue weighted by molar-refractivity contribution is -0.130. The lowest BCUT2D eigenvalue weighted by Crippen LogP contribution is -2.35. The number of amides is 1. The van der Waals surface area contributed by atoms with Crippen LogP contribution in [0.2, 0.25) is 0 Å². The summed E-state index contributed by atoms with van der Waals surface area (Å²) in [5.74, 6) is 1.08. The second kappa shape index (κ2) is 5.85. The molecule has 1 fully saturated rings. The molecule has 1 amide bonds. The molecule has 6 nitrogen and oxygen atoms in total. The number of aryl methyl sites for hydroxylation is 1. The molecule has 24 heavy (non-hydrogen) atoms. The molecule has 0 spiro atoms. The molecule has 0 radical (unpaired) electrons. The van der Waals surface area contributed by atoms with Crippen LogP contribution in [0.25, 0.3) is 0 Å². The molecule has 3 heterocycles. The van der Waals surface area contributed by atoms with Crippen LogP contribution in [0.3, 0.4) is 0 Å². The number of nitrogens with one attached hydrogen (secondary N) is 1. The number of nitrogens with zero attached hydrogens (tertiary/aromatic N) is 3. The van der Waals surface area contributed by atoms with Crippen molar-refractivity contribution >= 4 is 11.6 Å². The SMILES string of the molecule is COc1ccc2c(c1)[C@@H](N1CCCC1=O)C[C@H](c1cnn(C)c1)N2. The van der Waals surface area contributed by atoms with E-state index >= 15 is 0 Å². The van der Waals surface area contributed by atoms with Crippen molar-refractivity contribution in [3.63, 3.8) is 0 Å². The number of anilines is 1. The Hall–Kier alpha value is -2.50. The Morgan fingerprint density at radius 3 is 2.92 bits per heavy atom. The van der Waals surface area contributed by atoms with Crippen LogP contribution in [0.4, 0.5) is 5.69 Å². The molecule has 1 aromatic heterocycles. The van der Waals surface area contributed by atoms with E-state index in [1.54, 1.807) is 7.11 Å². The number of hydrogen-bond donors (Lipinski definition) is 1. The largest absolute Gasteiger partial charge is 0.497 e. The fourth-order valence-corrected chi connectivity index (χ4v) is 3.80. The summed E-state index contributed by atoms with van der Waals surface area (Å²) in [6.45, 7) is 0.833. The van der Waals surface area contributed by atoms with Gasteiger partial charge in [-0.25, -0.2) is 0 Å². The van der Waals surface area contributed by atoms with Gasteiger partial charge in [0, 0.05) is 43.0 Å².